The summed E-state index contributed by atoms with van der Waals surface area (Å²) in [5.74, 6) is -1.97. The van der Waals surface area contributed by atoms with Crippen LogP contribution in [-0.2, 0) is 11.0 Å². The topological polar surface area (TPSA) is 72.0 Å². The molecule has 1 heterocycles. The molecule has 0 fully saturated rings. The van der Waals surface area contributed by atoms with E-state index in [0.717, 1.165) is 11.8 Å². The Labute approximate surface area is 162 Å². The van der Waals surface area contributed by atoms with Crippen LogP contribution in [0.3, 0.4) is 0 Å². The number of anilines is 1. The predicted octanol–water partition coefficient (Wildman–Crippen LogP) is 4.58. The number of carbonyl (C=O) groups is 2. The summed E-state index contributed by atoms with van der Waals surface area (Å²) in [5.41, 5.74) is 1.03. The van der Waals surface area contributed by atoms with E-state index in [1.165, 1.54) is 19.1 Å². The van der Waals surface area contributed by atoms with Crippen molar-refractivity contribution in [3.05, 3.63) is 59.9 Å². The SMILES string of the molecule is CC(=O)c1cccc(NC(=O)CSc2nc(C(F)(F)F)nc3ccccc23)c1. The van der Waals surface area contributed by atoms with E-state index < -0.39 is 17.9 Å². The van der Waals surface area contributed by atoms with Gasteiger partial charge in [0.2, 0.25) is 11.7 Å². The first-order chi connectivity index (χ1) is 13.2. The average Bonchev–Trinajstić information content (AvgIpc) is 2.65. The molecule has 1 amide bonds. The summed E-state index contributed by atoms with van der Waals surface area (Å²) in [6.07, 6.45) is -4.69. The van der Waals surface area contributed by atoms with Crippen molar-refractivity contribution in [1.82, 2.24) is 9.97 Å². The zero-order valence-corrected chi connectivity index (χ0v) is 15.4. The van der Waals surface area contributed by atoms with Crippen molar-refractivity contribution in [2.45, 2.75) is 18.1 Å². The summed E-state index contributed by atoms with van der Waals surface area (Å²) < 4.78 is 39.1. The lowest BCUT2D eigenvalue weighted by Gasteiger charge is -2.10. The van der Waals surface area contributed by atoms with Gasteiger partial charge in [-0.1, -0.05) is 42.1 Å². The number of rotatable bonds is 5. The number of carbonyl (C=O) groups excluding carboxylic acids is 2. The number of nitrogens with zero attached hydrogens (tertiary/aromatic N) is 2. The Hall–Kier alpha value is -2.94. The molecule has 0 saturated heterocycles. The van der Waals surface area contributed by atoms with Gasteiger partial charge in [0.15, 0.2) is 5.78 Å². The number of Topliss-reactive ketones (excluding diaryl/α,β-unsaturated/α-hetero) is 1. The van der Waals surface area contributed by atoms with Gasteiger partial charge in [-0.25, -0.2) is 9.97 Å². The number of aromatic nitrogens is 2. The van der Waals surface area contributed by atoms with Crippen LogP contribution in [0.25, 0.3) is 10.9 Å². The molecule has 0 unspecified atom stereocenters. The number of amides is 1. The molecular formula is C19H14F3N3O2S. The third-order valence-corrected chi connectivity index (χ3v) is 4.71. The van der Waals surface area contributed by atoms with Gasteiger partial charge in [0.25, 0.3) is 0 Å². The number of fused-ring (bicyclic) bond motifs is 1. The van der Waals surface area contributed by atoms with Gasteiger partial charge in [-0.05, 0) is 25.1 Å². The molecule has 0 spiro atoms. The van der Waals surface area contributed by atoms with E-state index in [-0.39, 0.29) is 22.1 Å². The maximum atomic E-state index is 13.0. The Kier molecular flexibility index (Phi) is 5.64. The summed E-state index contributed by atoms with van der Waals surface area (Å²) in [6, 6.07) is 12.7. The highest BCUT2D eigenvalue weighted by atomic mass is 32.2. The van der Waals surface area contributed by atoms with Crippen LogP contribution in [0.2, 0.25) is 0 Å². The van der Waals surface area contributed by atoms with Crippen LogP contribution in [-0.4, -0.2) is 27.4 Å². The molecule has 0 atom stereocenters. The van der Waals surface area contributed by atoms with Crippen molar-refractivity contribution in [2.75, 3.05) is 11.1 Å². The molecule has 144 valence electrons. The molecule has 9 heteroatoms. The van der Waals surface area contributed by atoms with Crippen LogP contribution in [0.15, 0.2) is 53.6 Å². The predicted molar refractivity (Wildman–Crippen MR) is 100 cm³/mol. The zero-order valence-electron chi connectivity index (χ0n) is 14.6. The van der Waals surface area contributed by atoms with Crippen LogP contribution >= 0.6 is 11.8 Å². The maximum absolute atomic E-state index is 13.0. The third-order valence-electron chi connectivity index (χ3n) is 3.71. The van der Waals surface area contributed by atoms with Gasteiger partial charge in [0.1, 0.15) is 5.03 Å². The van der Waals surface area contributed by atoms with Crippen LogP contribution in [0.4, 0.5) is 18.9 Å². The van der Waals surface area contributed by atoms with Crippen LogP contribution in [0.1, 0.15) is 23.1 Å². The molecule has 0 bridgehead atoms. The van der Waals surface area contributed by atoms with E-state index in [2.05, 4.69) is 15.3 Å². The lowest BCUT2D eigenvalue weighted by atomic mass is 10.1. The smallest absolute Gasteiger partial charge is 0.325 e. The second-order valence-electron chi connectivity index (χ2n) is 5.84. The van der Waals surface area contributed by atoms with Gasteiger partial charge in [-0.2, -0.15) is 13.2 Å². The van der Waals surface area contributed by atoms with Crippen molar-refractivity contribution in [1.29, 1.82) is 0 Å². The van der Waals surface area contributed by atoms with E-state index in [4.69, 9.17) is 0 Å². The molecule has 0 aliphatic heterocycles. The first-order valence-electron chi connectivity index (χ1n) is 8.11. The highest BCUT2D eigenvalue weighted by molar-refractivity contribution is 8.00. The van der Waals surface area contributed by atoms with Gasteiger partial charge >= 0.3 is 6.18 Å². The van der Waals surface area contributed by atoms with Gasteiger partial charge in [-0.3, -0.25) is 9.59 Å². The summed E-state index contributed by atoms with van der Waals surface area (Å²) in [5, 5.41) is 3.13. The van der Waals surface area contributed by atoms with Gasteiger partial charge < -0.3 is 5.32 Å². The van der Waals surface area contributed by atoms with Crippen molar-refractivity contribution in [3.63, 3.8) is 0 Å². The number of halogens is 3. The van der Waals surface area contributed by atoms with Gasteiger partial charge in [0, 0.05) is 16.6 Å². The molecule has 0 radical (unpaired) electrons. The molecule has 3 rings (SSSR count). The van der Waals surface area contributed by atoms with Crippen molar-refractivity contribution < 1.29 is 22.8 Å². The average molecular weight is 405 g/mol. The van der Waals surface area contributed by atoms with E-state index in [1.54, 1.807) is 36.4 Å². The minimum absolute atomic E-state index is 0.0746. The Morgan fingerprint density at radius 2 is 1.82 bits per heavy atom. The summed E-state index contributed by atoms with van der Waals surface area (Å²) in [6.45, 7) is 1.41. The Morgan fingerprint density at radius 3 is 2.54 bits per heavy atom. The minimum Gasteiger partial charge on any atom is -0.325 e. The highest BCUT2D eigenvalue weighted by Gasteiger charge is 2.35. The second kappa shape index (κ2) is 7.97. The summed E-state index contributed by atoms with van der Waals surface area (Å²) in [7, 11) is 0. The fourth-order valence-electron chi connectivity index (χ4n) is 2.43. The minimum atomic E-state index is -4.69. The van der Waals surface area contributed by atoms with Crippen LogP contribution in [0.5, 0.6) is 0 Å². The standard InChI is InChI=1S/C19H14F3N3O2S/c1-11(26)12-5-4-6-13(9-12)23-16(27)10-28-17-14-7-2-3-8-15(14)24-18(25-17)19(20,21)22/h2-9H,10H2,1H3,(H,23,27). The van der Waals surface area contributed by atoms with Crippen molar-refractivity contribution in [3.8, 4) is 0 Å². The monoisotopic (exact) mass is 405 g/mol. The summed E-state index contributed by atoms with van der Waals surface area (Å²) in [4.78, 5) is 30.7. The number of benzene rings is 2. The molecule has 1 aromatic heterocycles. The highest BCUT2D eigenvalue weighted by Crippen LogP contribution is 2.32. The maximum Gasteiger partial charge on any atom is 0.451 e. The number of hydrogen-bond donors (Lipinski definition) is 1. The Morgan fingerprint density at radius 1 is 1.07 bits per heavy atom. The first-order valence-corrected chi connectivity index (χ1v) is 9.10. The third kappa shape index (κ3) is 4.66. The fraction of sp³-hybridized carbons (Fsp3) is 0.158. The van der Waals surface area contributed by atoms with E-state index in [1.807, 2.05) is 0 Å². The fourth-order valence-corrected chi connectivity index (χ4v) is 3.25. The first kappa shape index (κ1) is 19.8. The number of nitrogens with one attached hydrogen (secondary N) is 1. The van der Waals surface area contributed by atoms with E-state index >= 15 is 0 Å². The van der Waals surface area contributed by atoms with Crippen LogP contribution in [0, 0.1) is 0 Å². The van der Waals surface area contributed by atoms with Crippen molar-refractivity contribution >= 4 is 40.0 Å². The Balaban J connectivity index is 1.78. The molecular weight excluding hydrogens is 391 g/mol. The number of alkyl halides is 3. The van der Waals surface area contributed by atoms with Gasteiger partial charge in [0.05, 0.1) is 11.3 Å². The van der Waals surface area contributed by atoms with E-state index in [9.17, 15) is 22.8 Å². The summed E-state index contributed by atoms with van der Waals surface area (Å²) >= 11 is 0.888. The Bertz CT molecular complexity index is 1050. The lowest BCUT2D eigenvalue weighted by Crippen LogP contribution is -2.15. The molecule has 3 aromatic rings. The molecule has 0 aliphatic rings. The lowest BCUT2D eigenvalue weighted by molar-refractivity contribution is -0.145. The van der Waals surface area contributed by atoms with E-state index in [0.29, 0.717) is 16.6 Å². The number of para-hydroxylation sites is 1. The van der Waals surface area contributed by atoms with Crippen molar-refractivity contribution in [2.24, 2.45) is 0 Å². The largest absolute Gasteiger partial charge is 0.451 e. The second-order valence-corrected chi connectivity index (χ2v) is 6.81. The molecule has 28 heavy (non-hydrogen) atoms. The molecule has 0 saturated carbocycles. The quantitative estimate of drug-likeness (QED) is 0.382. The zero-order chi connectivity index (χ0) is 20.3. The van der Waals surface area contributed by atoms with Gasteiger partial charge in [-0.15, -0.1) is 0 Å². The number of thioether (sulfide) groups is 1. The molecule has 5 nitrogen and oxygen atoms in total. The number of ketones is 1. The molecule has 1 N–H and O–H groups in total. The molecule has 0 aliphatic carbocycles. The normalized spacial score (nSPS) is 11.4. The van der Waals surface area contributed by atoms with Crippen LogP contribution < -0.4 is 5.32 Å². The number of hydrogen-bond acceptors (Lipinski definition) is 5. The molecule has 2 aromatic carbocycles.